The number of carbonyl (C=O) groups excluding carboxylic acids is 1. The number of rotatable bonds is 12. The summed E-state index contributed by atoms with van der Waals surface area (Å²) in [6.07, 6.45) is 3.88. The predicted octanol–water partition coefficient (Wildman–Crippen LogP) is 3.99. The van der Waals surface area contributed by atoms with Gasteiger partial charge in [-0.1, -0.05) is 26.7 Å². The van der Waals surface area contributed by atoms with Crippen LogP contribution in [0.2, 0.25) is 0 Å². The average Bonchev–Trinajstić information content (AvgIpc) is 2.57. The Balaban J connectivity index is 3.31. The van der Waals surface area contributed by atoms with Crippen LogP contribution in [0.15, 0.2) is 12.1 Å². The lowest BCUT2D eigenvalue weighted by Crippen LogP contribution is -2.24. The molecule has 0 spiro atoms. The lowest BCUT2D eigenvalue weighted by atomic mass is 9.99. The molecule has 5 nitrogen and oxygen atoms in total. The second kappa shape index (κ2) is 12.2. The van der Waals surface area contributed by atoms with Crippen molar-refractivity contribution in [1.82, 2.24) is 14.7 Å². The summed E-state index contributed by atoms with van der Waals surface area (Å²) in [7, 11) is 12.3. The van der Waals surface area contributed by atoms with Crippen molar-refractivity contribution in [3.63, 3.8) is 0 Å². The quantitative estimate of drug-likeness (QED) is 0.398. The van der Waals surface area contributed by atoms with Crippen LogP contribution in [0.25, 0.3) is 0 Å². The first-order valence-corrected chi connectivity index (χ1v) is 10.5. The van der Waals surface area contributed by atoms with E-state index in [1.165, 1.54) is 5.56 Å². The molecule has 0 N–H and O–H groups in total. The third-order valence-electron chi connectivity index (χ3n) is 4.71. The lowest BCUT2D eigenvalue weighted by molar-refractivity contribution is -0.139. The molecule has 0 heterocycles. The van der Waals surface area contributed by atoms with Gasteiger partial charge in [-0.15, -0.1) is 0 Å². The molecular weight excluding hydrogens is 350 g/mol. The summed E-state index contributed by atoms with van der Waals surface area (Å²) < 4.78 is 6.08. The molecule has 0 aliphatic carbocycles. The minimum absolute atomic E-state index is 0.0270. The van der Waals surface area contributed by atoms with Crippen LogP contribution in [0.5, 0.6) is 5.75 Å². The molecule has 0 amide bonds. The van der Waals surface area contributed by atoms with Crippen molar-refractivity contribution in [3.8, 4) is 5.75 Å². The van der Waals surface area contributed by atoms with Gasteiger partial charge in [-0.3, -0.25) is 4.79 Å². The van der Waals surface area contributed by atoms with Gasteiger partial charge in [-0.05, 0) is 72.8 Å². The van der Waals surface area contributed by atoms with Gasteiger partial charge in [-0.25, -0.2) is 0 Å². The molecule has 0 aromatic heterocycles. The summed E-state index contributed by atoms with van der Waals surface area (Å²) in [5.41, 5.74) is 3.41. The maximum atomic E-state index is 12.9. The molecule has 1 aromatic carbocycles. The number of hydrogen-bond acceptors (Lipinski definition) is 5. The molecule has 0 bridgehead atoms. The van der Waals surface area contributed by atoms with E-state index in [-0.39, 0.29) is 11.9 Å². The fourth-order valence-corrected chi connectivity index (χ4v) is 3.45. The van der Waals surface area contributed by atoms with E-state index in [4.69, 9.17) is 4.74 Å². The van der Waals surface area contributed by atoms with E-state index < -0.39 is 0 Å². The maximum Gasteiger partial charge on any atom is 0.314 e. The molecule has 1 atom stereocenters. The molecule has 5 heteroatoms. The van der Waals surface area contributed by atoms with Gasteiger partial charge in [0.15, 0.2) is 0 Å². The van der Waals surface area contributed by atoms with Gasteiger partial charge >= 0.3 is 5.97 Å². The third-order valence-corrected chi connectivity index (χ3v) is 4.71. The predicted molar refractivity (Wildman–Crippen MR) is 118 cm³/mol. The normalized spacial score (nSPS) is 12.8. The van der Waals surface area contributed by atoms with Gasteiger partial charge in [0, 0.05) is 30.8 Å². The van der Waals surface area contributed by atoms with Crippen LogP contribution >= 0.6 is 0 Å². The van der Waals surface area contributed by atoms with Crippen molar-refractivity contribution < 1.29 is 9.53 Å². The topological polar surface area (TPSA) is 36.0 Å². The fourth-order valence-electron chi connectivity index (χ4n) is 3.45. The van der Waals surface area contributed by atoms with E-state index in [1.54, 1.807) is 0 Å². The zero-order chi connectivity index (χ0) is 21.3. The molecule has 0 aliphatic rings. The van der Waals surface area contributed by atoms with E-state index in [0.717, 1.165) is 62.2 Å². The molecule has 1 rings (SSSR count). The SMILES string of the molecule is CCCCC(CC)C(=O)Oc1c(CN(C)C)cc(CN(C)C)cc1CN(C)C. The van der Waals surface area contributed by atoms with Gasteiger partial charge in [0.05, 0.1) is 5.92 Å². The van der Waals surface area contributed by atoms with Crippen LogP contribution in [0.1, 0.15) is 56.2 Å². The number of benzene rings is 1. The van der Waals surface area contributed by atoms with E-state index in [0.29, 0.717) is 0 Å². The summed E-state index contributed by atoms with van der Waals surface area (Å²) in [6.45, 7) is 6.59. The zero-order valence-corrected chi connectivity index (χ0v) is 19.3. The van der Waals surface area contributed by atoms with E-state index >= 15 is 0 Å². The Kier molecular flexibility index (Phi) is 10.7. The van der Waals surface area contributed by atoms with Crippen LogP contribution in [0.4, 0.5) is 0 Å². The molecular formula is C23H41N3O2. The number of esters is 1. The molecule has 0 fully saturated rings. The zero-order valence-electron chi connectivity index (χ0n) is 19.3. The second-order valence-electron chi connectivity index (χ2n) is 8.63. The highest BCUT2D eigenvalue weighted by Gasteiger charge is 2.22. The molecule has 1 aromatic rings. The Morgan fingerprint density at radius 2 is 1.39 bits per heavy atom. The summed E-state index contributed by atoms with van der Waals surface area (Å²) >= 11 is 0. The Morgan fingerprint density at radius 3 is 1.79 bits per heavy atom. The van der Waals surface area contributed by atoms with Crippen LogP contribution < -0.4 is 4.74 Å². The van der Waals surface area contributed by atoms with Crippen molar-refractivity contribution in [1.29, 1.82) is 0 Å². The number of hydrogen-bond donors (Lipinski definition) is 0. The summed E-state index contributed by atoms with van der Waals surface area (Å²) in [5.74, 6) is 0.641. The van der Waals surface area contributed by atoms with Crippen molar-refractivity contribution in [3.05, 3.63) is 28.8 Å². The summed E-state index contributed by atoms with van der Waals surface area (Å²) in [4.78, 5) is 19.3. The van der Waals surface area contributed by atoms with Crippen LogP contribution in [0.3, 0.4) is 0 Å². The van der Waals surface area contributed by atoms with E-state index in [1.807, 2.05) is 28.2 Å². The van der Waals surface area contributed by atoms with Crippen LogP contribution in [0, 0.1) is 5.92 Å². The van der Waals surface area contributed by atoms with Crippen LogP contribution in [-0.4, -0.2) is 63.0 Å². The van der Waals surface area contributed by atoms with Crippen molar-refractivity contribution >= 4 is 5.97 Å². The Labute approximate surface area is 172 Å². The maximum absolute atomic E-state index is 12.9. The molecule has 0 aliphatic heterocycles. The van der Waals surface area contributed by atoms with Crippen molar-refractivity contribution in [2.75, 3.05) is 42.3 Å². The smallest absolute Gasteiger partial charge is 0.314 e. The number of nitrogens with zero attached hydrogens (tertiary/aromatic N) is 3. The van der Waals surface area contributed by atoms with Gasteiger partial charge in [-0.2, -0.15) is 0 Å². The first-order valence-electron chi connectivity index (χ1n) is 10.5. The van der Waals surface area contributed by atoms with E-state index in [9.17, 15) is 4.79 Å². The molecule has 0 saturated heterocycles. The molecule has 0 radical (unpaired) electrons. The van der Waals surface area contributed by atoms with Gasteiger partial charge in [0.2, 0.25) is 0 Å². The Morgan fingerprint density at radius 1 is 0.893 bits per heavy atom. The summed E-state index contributed by atoms with van der Waals surface area (Å²) in [6, 6.07) is 4.38. The van der Waals surface area contributed by atoms with E-state index in [2.05, 4.69) is 54.8 Å². The third kappa shape index (κ3) is 8.29. The molecule has 1 unspecified atom stereocenters. The fraction of sp³-hybridized carbons (Fsp3) is 0.696. The Bertz CT molecular complexity index is 581. The summed E-state index contributed by atoms with van der Waals surface area (Å²) in [5, 5.41) is 0. The molecule has 160 valence electrons. The average molecular weight is 392 g/mol. The molecule has 0 saturated carbocycles. The monoisotopic (exact) mass is 391 g/mol. The standard InChI is InChI=1S/C23H41N3O2/c1-9-11-12-19(10-2)23(27)28-22-20(16-25(5)6)13-18(15-24(3)4)14-21(22)17-26(7)8/h13-14,19H,9-12,15-17H2,1-8H3. The minimum Gasteiger partial charge on any atom is -0.426 e. The van der Waals surface area contributed by atoms with Crippen LogP contribution in [-0.2, 0) is 24.4 Å². The lowest BCUT2D eigenvalue weighted by Gasteiger charge is -2.23. The van der Waals surface area contributed by atoms with Crippen molar-refractivity contribution in [2.24, 2.45) is 5.92 Å². The second-order valence-corrected chi connectivity index (χ2v) is 8.63. The highest BCUT2D eigenvalue weighted by atomic mass is 16.5. The largest absolute Gasteiger partial charge is 0.426 e. The number of carbonyl (C=O) groups is 1. The highest BCUT2D eigenvalue weighted by molar-refractivity contribution is 5.76. The van der Waals surface area contributed by atoms with Gasteiger partial charge in [0.25, 0.3) is 0 Å². The molecule has 28 heavy (non-hydrogen) atoms. The first kappa shape index (κ1) is 24.6. The van der Waals surface area contributed by atoms with Gasteiger partial charge in [0.1, 0.15) is 5.75 Å². The van der Waals surface area contributed by atoms with Gasteiger partial charge < -0.3 is 19.4 Å². The van der Waals surface area contributed by atoms with Crippen molar-refractivity contribution in [2.45, 2.75) is 59.2 Å². The first-order chi connectivity index (χ1) is 13.2. The highest BCUT2D eigenvalue weighted by Crippen LogP contribution is 2.30. The number of unbranched alkanes of at least 4 members (excludes halogenated alkanes) is 1. The Hall–Kier alpha value is -1.43. The number of ether oxygens (including phenoxy) is 1. The minimum atomic E-state index is -0.0867.